The Balaban J connectivity index is 1.39. The van der Waals surface area contributed by atoms with Gasteiger partial charge in [-0.3, -0.25) is 15.3 Å². The third kappa shape index (κ3) is 5.47. The second-order valence-corrected chi connectivity index (χ2v) is 10.9. The number of H-pyrrole nitrogens is 1. The maximum absolute atomic E-state index is 14.7. The van der Waals surface area contributed by atoms with Crippen LogP contribution in [-0.2, 0) is 0 Å². The molecule has 4 N–H and O–H groups in total. The molecule has 2 aliphatic heterocycles. The highest BCUT2D eigenvalue weighted by atomic mass is 19.1. The van der Waals surface area contributed by atoms with Crippen LogP contribution in [0.5, 0.6) is 0 Å². The van der Waals surface area contributed by atoms with Crippen molar-refractivity contribution in [1.29, 1.82) is 0 Å². The molecule has 0 aliphatic carbocycles. The zero-order chi connectivity index (χ0) is 27.6. The van der Waals surface area contributed by atoms with Crippen molar-refractivity contribution in [3.8, 4) is 11.1 Å². The first-order valence-electron chi connectivity index (χ1n) is 14.0. The number of nitrogens with zero attached hydrogens (tertiary/aromatic N) is 5. The smallest absolute Gasteiger partial charge is 0.160 e. The van der Waals surface area contributed by atoms with Gasteiger partial charge < -0.3 is 20.5 Å². The number of anilines is 1. The predicted molar refractivity (Wildman–Crippen MR) is 157 cm³/mol. The Hall–Kier alpha value is -3.73. The second-order valence-electron chi connectivity index (χ2n) is 10.9. The number of pyridine rings is 2. The zero-order valence-corrected chi connectivity index (χ0v) is 23.3. The fourth-order valence-electron chi connectivity index (χ4n) is 5.53. The largest absolute Gasteiger partial charge is 0.384 e. The molecule has 1 aromatic carbocycles. The predicted octanol–water partition coefficient (Wildman–Crippen LogP) is 4.06. The molecule has 1 atom stereocenters. The number of imidazole rings is 1. The molecule has 208 valence electrons. The maximum Gasteiger partial charge on any atom is 0.160 e. The Morgan fingerprint density at radius 3 is 2.75 bits per heavy atom. The first-order chi connectivity index (χ1) is 19.5. The van der Waals surface area contributed by atoms with E-state index < -0.39 is 0 Å². The van der Waals surface area contributed by atoms with Crippen LogP contribution in [0.1, 0.15) is 54.5 Å². The van der Waals surface area contributed by atoms with E-state index in [0.29, 0.717) is 36.1 Å². The minimum absolute atomic E-state index is 0.106. The first-order valence-corrected chi connectivity index (χ1v) is 14.0. The molecule has 0 bridgehead atoms. The molecule has 40 heavy (non-hydrogen) atoms. The van der Waals surface area contributed by atoms with Crippen LogP contribution in [0.2, 0.25) is 0 Å². The van der Waals surface area contributed by atoms with Gasteiger partial charge in [0.15, 0.2) is 11.5 Å². The molecular weight excluding hydrogens is 505 g/mol. The summed E-state index contributed by atoms with van der Waals surface area (Å²) in [5.41, 5.74) is 7.35. The number of aromatic amines is 1. The second kappa shape index (κ2) is 11.4. The van der Waals surface area contributed by atoms with Gasteiger partial charge >= 0.3 is 0 Å². The molecule has 0 radical (unpaired) electrons. The van der Waals surface area contributed by atoms with Crippen LogP contribution in [0.4, 0.5) is 10.1 Å². The quantitative estimate of drug-likeness (QED) is 0.280. The van der Waals surface area contributed by atoms with Gasteiger partial charge in [0.05, 0.1) is 12.4 Å². The van der Waals surface area contributed by atoms with Gasteiger partial charge in [0.1, 0.15) is 17.0 Å². The number of aliphatic imine (C=N–C) groups is 1. The van der Waals surface area contributed by atoms with Crippen LogP contribution in [0.3, 0.4) is 0 Å². The van der Waals surface area contributed by atoms with E-state index in [-0.39, 0.29) is 11.9 Å². The monoisotopic (exact) mass is 541 g/mol. The van der Waals surface area contributed by atoms with Gasteiger partial charge in [-0.2, -0.15) is 0 Å². The van der Waals surface area contributed by atoms with Crippen molar-refractivity contribution >= 4 is 22.6 Å². The fourth-order valence-corrected chi connectivity index (χ4v) is 5.53. The Morgan fingerprint density at radius 2 is 1.93 bits per heavy atom. The van der Waals surface area contributed by atoms with E-state index in [9.17, 15) is 4.39 Å². The molecule has 3 aromatic heterocycles. The standard InChI is InChI=1S/C30H36FN9/c1-18-23-4-5-25(19-6-9-32-10-7-19)37-26(23)28(36-17-35-18)30-38-27-24(8-11-34-29(27)39-30)20-14-21(31)16-22(15-20)33-12-13-40(2)3/h4-5,8,11,14-16,18-19,32-33,35H,6-7,9-10,12-13,17H2,1-3H3,(H,34,38,39)/t18-/m1/s1. The Bertz CT molecular complexity index is 1540. The third-order valence-electron chi connectivity index (χ3n) is 7.74. The number of hydrogen-bond acceptors (Lipinski definition) is 8. The lowest BCUT2D eigenvalue weighted by molar-refractivity contribution is 0.425. The topological polar surface area (TPSA) is 106 Å². The lowest BCUT2D eigenvalue weighted by Gasteiger charge is -2.23. The number of likely N-dealkylation sites (N-methyl/N-ethyl adjacent to an activating group) is 1. The molecule has 0 unspecified atom stereocenters. The Morgan fingerprint density at radius 1 is 1.07 bits per heavy atom. The number of nitrogens with one attached hydrogen (secondary N) is 4. The summed E-state index contributed by atoms with van der Waals surface area (Å²) in [4.78, 5) is 25.1. The van der Waals surface area contributed by atoms with E-state index >= 15 is 0 Å². The van der Waals surface area contributed by atoms with Gasteiger partial charge in [-0.25, -0.2) is 14.4 Å². The molecule has 9 nitrogen and oxygen atoms in total. The molecule has 10 heteroatoms. The van der Waals surface area contributed by atoms with Gasteiger partial charge in [0.2, 0.25) is 0 Å². The van der Waals surface area contributed by atoms with Gasteiger partial charge in [-0.1, -0.05) is 6.07 Å². The SMILES string of the molecule is C[C@H]1NCN=C(c2nc3c(-c4cc(F)cc(NCCN(C)C)c4)ccnc3[nH]2)c2nc(C3CCNCC3)ccc21. The number of aromatic nitrogens is 4. The lowest BCUT2D eigenvalue weighted by Crippen LogP contribution is -2.27. The summed E-state index contributed by atoms with van der Waals surface area (Å²) in [6.07, 6.45) is 3.87. The highest BCUT2D eigenvalue weighted by Crippen LogP contribution is 2.31. The molecule has 1 fully saturated rings. The highest BCUT2D eigenvalue weighted by Gasteiger charge is 2.26. The van der Waals surface area contributed by atoms with E-state index in [2.05, 4.69) is 49.9 Å². The molecule has 1 saturated heterocycles. The van der Waals surface area contributed by atoms with Crippen LogP contribution < -0.4 is 16.0 Å². The zero-order valence-electron chi connectivity index (χ0n) is 23.3. The Kier molecular flexibility index (Phi) is 7.55. The van der Waals surface area contributed by atoms with Crippen molar-refractivity contribution < 1.29 is 4.39 Å². The van der Waals surface area contributed by atoms with Crippen LogP contribution in [0, 0.1) is 5.82 Å². The van der Waals surface area contributed by atoms with Crippen molar-refractivity contribution in [2.45, 2.75) is 31.7 Å². The molecule has 2 aliphatic rings. The van der Waals surface area contributed by atoms with Crippen molar-refractivity contribution in [1.82, 2.24) is 35.5 Å². The van der Waals surface area contributed by atoms with Gasteiger partial charge in [-0.05, 0) is 88.4 Å². The average Bonchev–Trinajstić information content (AvgIpc) is 3.32. The molecule has 0 saturated carbocycles. The van der Waals surface area contributed by atoms with E-state index in [1.807, 2.05) is 26.2 Å². The molecule has 5 heterocycles. The number of piperidine rings is 1. The van der Waals surface area contributed by atoms with Gasteiger partial charge in [0, 0.05) is 48.2 Å². The molecular formula is C30H36FN9. The van der Waals surface area contributed by atoms with E-state index in [0.717, 1.165) is 72.0 Å². The van der Waals surface area contributed by atoms with Crippen molar-refractivity contribution in [3.63, 3.8) is 0 Å². The fraction of sp³-hybridized carbons (Fsp3) is 0.400. The lowest BCUT2D eigenvalue weighted by atomic mass is 9.92. The summed E-state index contributed by atoms with van der Waals surface area (Å²) in [7, 11) is 4.03. The van der Waals surface area contributed by atoms with Crippen molar-refractivity contribution in [3.05, 3.63) is 71.2 Å². The minimum Gasteiger partial charge on any atom is -0.384 e. The molecule has 0 amide bonds. The number of hydrogen-bond donors (Lipinski definition) is 4. The molecule has 6 rings (SSSR count). The summed E-state index contributed by atoms with van der Waals surface area (Å²) >= 11 is 0. The van der Waals surface area contributed by atoms with Crippen LogP contribution in [0.25, 0.3) is 22.3 Å². The highest BCUT2D eigenvalue weighted by molar-refractivity contribution is 6.12. The van der Waals surface area contributed by atoms with E-state index in [4.69, 9.17) is 15.0 Å². The van der Waals surface area contributed by atoms with Crippen molar-refractivity contribution in [2.24, 2.45) is 4.99 Å². The summed E-state index contributed by atoms with van der Waals surface area (Å²) < 4.78 is 14.7. The number of rotatable bonds is 7. The number of fused-ring (bicyclic) bond motifs is 2. The summed E-state index contributed by atoms with van der Waals surface area (Å²) in [6.45, 7) is 6.17. The van der Waals surface area contributed by atoms with E-state index in [1.165, 1.54) is 12.1 Å². The number of halogens is 1. The first kappa shape index (κ1) is 26.5. The maximum atomic E-state index is 14.7. The van der Waals surface area contributed by atoms with Crippen LogP contribution >= 0.6 is 0 Å². The van der Waals surface area contributed by atoms with Gasteiger partial charge in [0.25, 0.3) is 0 Å². The summed E-state index contributed by atoms with van der Waals surface area (Å²) in [5, 5.41) is 10.2. The summed E-state index contributed by atoms with van der Waals surface area (Å²) in [6, 6.07) is 11.4. The van der Waals surface area contributed by atoms with Crippen molar-refractivity contribution in [2.75, 3.05) is 52.3 Å². The normalized spacial score (nSPS) is 18.0. The molecule has 0 spiro atoms. The average molecular weight is 542 g/mol. The Labute approximate surface area is 233 Å². The third-order valence-corrected chi connectivity index (χ3v) is 7.74. The van der Waals surface area contributed by atoms with Crippen LogP contribution in [0.15, 0.2) is 47.6 Å². The van der Waals surface area contributed by atoms with Crippen LogP contribution in [-0.4, -0.2) is 77.5 Å². The minimum atomic E-state index is -0.303. The number of benzene rings is 1. The van der Waals surface area contributed by atoms with Gasteiger partial charge in [-0.15, -0.1) is 0 Å². The van der Waals surface area contributed by atoms with E-state index in [1.54, 1.807) is 6.20 Å². The summed E-state index contributed by atoms with van der Waals surface area (Å²) in [5.74, 6) is 0.738. The molecule has 4 aromatic rings.